The monoisotopic (exact) mass is 970 g/mol. The van der Waals surface area contributed by atoms with Crippen molar-refractivity contribution in [3.63, 3.8) is 0 Å². The van der Waals surface area contributed by atoms with Crippen molar-refractivity contribution in [1.82, 2.24) is 0 Å². The number of hydrogen-bond acceptors (Lipinski definition) is 7. The van der Waals surface area contributed by atoms with Crippen LogP contribution in [-0.2, 0) is 19.8 Å². The summed E-state index contributed by atoms with van der Waals surface area (Å²) in [5.41, 5.74) is 11.9. The Morgan fingerprint density at radius 1 is 0.300 bits per heavy atom. The molecule has 0 fully saturated rings. The second-order valence-electron chi connectivity index (χ2n) is 19.7. The van der Waals surface area contributed by atoms with Crippen molar-refractivity contribution in [3.05, 3.63) is 81.7 Å². The standard InChI is InChI=1S/C61H99N3O6/c1-5-9-13-17-21-25-29-33-37-65-56-43-54(44-57(47-56)66-38-34-30-26-22-18-14-10-6-2)51-69-60-41-53(50-63-64-62)42-61(49-60)70-52-55-45-58(67-39-35-31-27-23-19-15-11-7-3)48-59(46-55)68-40-36-32-28-24-20-16-12-8-4/h41-49H,5-40,50-52H2,1-4H3. The van der Waals surface area contributed by atoms with Gasteiger partial charge < -0.3 is 28.4 Å². The quantitative estimate of drug-likeness (QED) is 0.0242. The van der Waals surface area contributed by atoms with Crippen LogP contribution in [0.2, 0.25) is 0 Å². The number of azide groups is 1. The number of benzene rings is 3. The molecule has 0 saturated heterocycles. The zero-order chi connectivity index (χ0) is 49.8. The van der Waals surface area contributed by atoms with Crippen LogP contribution in [0.25, 0.3) is 10.4 Å². The fraction of sp³-hybridized carbons (Fsp3) is 0.705. The van der Waals surface area contributed by atoms with Gasteiger partial charge in [0.25, 0.3) is 0 Å². The third kappa shape index (κ3) is 31.2. The number of ether oxygens (including phenoxy) is 6. The van der Waals surface area contributed by atoms with Crippen molar-refractivity contribution in [2.24, 2.45) is 5.11 Å². The van der Waals surface area contributed by atoms with Crippen molar-refractivity contribution in [3.8, 4) is 34.5 Å². The summed E-state index contributed by atoms with van der Waals surface area (Å²) in [4.78, 5) is 3.03. The average molecular weight is 970 g/mol. The first-order chi connectivity index (χ1) is 34.6. The Morgan fingerprint density at radius 2 is 0.529 bits per heavy atom. The second kappa shape index (κ2) is 42.5. The van der Waals surface area contributed by atoms with E-state index in [9.17, 15) is 5.53 Å². The van der Waals surface area contributed by atoms with Gasteiger partial charge in [0.15, 0.2) is 0 Å². The van der Waals surface area contributed by atoms with Gasteiger partial charge in [-0.3, -0.25) is 0 Å². The van der Waals surface area contributed by atoms with Gasteiger partial charge in [-0.1, -0.05) is 213 Å². The molecule has 0 heterocycles. The molecule has 0 saturated carbocycles. The van der Waals surface area contributed by atoms with Crippen molar-refractivity contribution >= 4 is 0 Å². The Bertz CT molecular complexity index is 1570. The minimum atomic E-state index is 0.182. The van der Waals surface area contributed by atoms with E-state index in [4.69, 9.17) is 28.4 Å². The molecular formula is C61H99N3O6. The minimum Gasteiger partial charge on any atom is -0.493 e. The van der Waals surface area contributed by atoms with Crippen LogP contribution in [0.5, 0.6) is 34.5 Å². The lowest BCUT2D eigenvalue weighted by molar-refractivity contribution is 0.276. The summed E-state index contributed by atoms with van der Waals surface area (Å²) in [5.74, 6) is 4.48. The van der Waals surface area contributed by atoms with Crippen molar-refractivity contribution in [2.45, 2.75) is 253 Å². The molecule has 3 aromatic carbocycles. The van der Waals surface area contributed by atoms with E-state index in [1.165, 1.54) is 180 Å². The molecule has 3 aromatic rings. The van der Waals surface area contributed by atoms with Crippen LogP contribution in [0.3, 0.4) is 0 Å². The predicted octanol–water partition coefficient (Wildman–Crippen LogP) is 19.7. The van der Waals surface area contributed by atoms with Crippen LogP contribution >= 0.6 is 0 Å². The first-order valence-electron chi connectivity index (χ1n) is 28.8. The molecule has 0 bridgehead atoms. The Morgan fingerprint density at radius 3 is 0.786 bits per heavy atom. The van der Waals surface area contributed by atoms with E-state index in [0.29, 0.717) is 51.1 Å². The number of unbranched alkanes of at least 4 members (excludes halogenated alkanes) is 28. The molecule has 0 amide bonds. The first-order valence-corrected chi connectivity index (χ1v) is 28.8. The number of hydrogen-bond donors (Lipinski definition) is 0. The van der Waals surface area contributed by atoms with Gasteiger partial charge in [0.1, 0.15) is 47.7 Å². The maximum Gasteiger partial charge on any atom is 0.123 e. The molecule has 9 nitrogen and oxygen atoms in total. The van der Waals surface area contributed by atoms with Crippen LogP contribution in [0, 0.1) is 0 Å². The van der Waals surface area contributed by atoms with Gasteiger partial charge in [0, 0.05) is 23.1 Å². The minimum absolute atomic E-state index is 0.182. The Balaban J connectivity index is 1.68. The van der Waals surface area contributed by atoms with Crippen molar-refractivity contribution in [2.75, 3.05) is 26.4 Å². The second-order valence-corrected chi connectivity index (χ2v) is 19.7. The van der Waals surface area contributed by atoms with Crippen LogP contribution in [0.15, 0.2) is 59.7 Å². The molecule has 0 unspecified atom stereocenters. The molecule has 0 aromatic heterocycles. The zero-order valence-electron chi connectivity index (χ0n) is 45.1. The number of nitrogens with zero attached hydrogens (tertiary/aromatic N) is 3. The highest BCUT2D eigenvalue weighted by Crippen LogP contribution is 2.30. The molecule has 394 valence electrons. The molecular weight excluding hydrogens is 871 g/mol. The van der Waals surface area contributed by atoms with Crippen LogP contribution in [-0.4, -0.2) is 26.4 Å². The summed E-state index contributed by atoms with van der Waals surface area (Å²) in [6.07, 6.45) is 40.3. The van der Waals surface area contributed by atoms with E-state index in [-0.39, 0.29) is 6.54 Å². The van der Waals surface area contributed by atoms with Crippen LogP contribution in [0.4, 0.5) is 0 Å². The molecule has 0 aliphatic heterocycles. The maximum atomic E-state index is 9.20. The highest BCUT2D eigenvalue weighted by Gasteiger charge is 2.11. The predicted molar refractivity (Wildman–Crippen MR) is 293 cm³/mol. The van der Waals surface area contributed by atoms with Gasteiger partial charge in [-0.2, -0.15) is 0 Å². The molecule has 0 aliphatic rings. The summed E-state index contributed by atoms with van der Waals surface area (Å²) in [6.45, 7) is 12.6. The van der Waals surface area contributed by atoms with E-state index in [1.807, 2.05) is 30.3 Å². The summed E-state index contributed by atoms with van der Waals surface area (Å²) < 4.78 is 38.3. The normalized spacial score (nSPS) is 11.1. The summed E-state index contributed by atoms with van der Waals surface area (Å²) >= 11 is 0. The Labute approximate surface area is 427 Å². The van der Waals surface area contributed by atoms with Crippen molar-refractivity contribution in [1.29, 1.82) is 0 Å². The molecule has 3 rings (SSSR count). The Kier molecular flexibility index (Phi) is 36.4. The molecule has 9 heteroatoms. The smallest absolute Gasteiger partial charge is 0.123 e. The summed E-state index contributed by atoms with van der Waals surface area (Å²) in [6, 6.07) is 18.0. The molecule has 70 heavy (non-hydrogen) atoms. The molecule has 0 aliphatic carbocycles. The van der Waals surface area contributed by atoms with Gasteiger partial charge in [0.2, 0.25) is 0 Å². The lowest BCUT2D eigenvalue weighted by Crippen LogP contribution is -2.04. The molecule has 0 radical (unpaired) electrons. The fourth-order valence-electron chi connectivity index (χ4n) is 8.80. The Hall–Kier alpha value is -4.23. The topological polar surface area (TPSA) is 104 Å². The van der Waals surface area contributed by atoms with Crippen LogP contribution < -0.4 is 28.4 Å². The average Bonchev–Trinajstić information content (AvgIpc) is 3.37. The zero-order valence-corrected chi connectivity index (χ0v) is 45.1. The number of rotatable bonds is 48. The molecule has 0 spiro atoms. The lowest BCUT2D eigenvalue weighted by Gasteiger charge is -2.15. The van der Waals surface area contributed by atoms with E-state index in [0.717, 1.165) is 65.4 Å². The maximum absolute atomic E-state index is 9.20. The first kappa shape index (κ1) is 60.1. The van der Waals surface area contributed by atoms with E-state index in [2.05, 4.69) is 62.0 Å². The van der Waals surface area contributed by atoms with Gasteiger partial charge in [-0.25, -0.2) is 0 Å². The third-order valence-corrected chi connectivity index (χ3v) is 13.0. The molecule has 0 atom stereocenters. The third-order valence-electron chi connectivity index (χ3n) is 13.0. The van der Waals surface area contributed by atoms with Gasteiger partial charge in [-0.15, -0.1) is 0 Å². The van der Waals surface area contributed by atoms with Crippen molar-refractivity contribution < 1.29 is 28.4 Å². The summed E-state index contributed by atoms with van der Waals surface area (Å²) in [5, 5.41) is 3.86. The lowest BCUT2D eigenvalue weighted by atomic mass is 10.1. The van der Waals surface area contributed by atoms with Gasteiger partial charge >= 0.3 is 0 Å². The summed E-state index contributed by atoms with van der Waals surface area (Å²) in [7, 11) is 0. The van der Waals surface area contributed by atoms with Crippen LogP contribution in [0.1, 0.15) is 250 Å². The largest absolute Gasteiger partial charge is 0.493 e. The molecule has 0 N–H and O–H groups in total. The van der Waals surface area contributed by atoms with E-state index in [1.54, 1.807) is 0 Å². The SMILES string of the molecule is CCCCCCCCCCOc1cc(COc2cc(CN=[N+]=[N-])cc(OCc3cc(OCCCCCCCCCC)cc(OCCCCCCCCCC)c3)c2)cc(OCCCCCCCCCC)c1. The van der Waals surface area contributed by atoms with Gasteiger partial charge in [-0.05, 0) is 84.3 Å². The van der Waals surface area contributed by atoms with E-state index >= 15 is 0 Å². The van der Waals surface area contributed by atoms with E-state index < -0.39 is 0 Å². The van der Waals surface area contributed by atoms with Gasteiger partial charge in [0.05, 0.1) is 33.0 Å². The highest BCUT2D eigenvalue weighted by molar-refractivity contribution is 5.42. The highest BCUT2D eigenvalue weighted by atomic mass is 16.5. The fourth-order valence-corrected chi connectivity index (χ4v) is 8.80.